The van der Waals surface area contributed by atoms with Gasteiger partial charge in [0.05, 0.1) is 4.90 Å². The predicted molar refractivity (Wildman–Crippen MR) is 115 cm³/mol. The van der Waals surface area contributed by atoms with E-state index in [9.17, 15) is 13.2 Å². The third kappa shape index (κ3) is 4.72. The van der Waals surface area contributed by atoms with Gasteiger partial charge < -0.3 is 10.2 Å². The number of benzene rings is 1. The molecule has 0 bridgehead atoms. The molecule has 1 amide bonds. The Morgan fingerprint density at radius 3 is 2.39 bits per heavy atom. The summed E-state index contributed by atoms with van der Waals surface area (Å²) in [6, 6.07) is 7.74. The molecular weight excluding hydrogens is 418 g/mol. The molecule has 0 unspecified atom stereocenters. The van der Waals surface area contributed by atoms with Crippen LogP contribution in [0.4, 0.5) is 11.5 Å². The van der Waals surface area contributed by atoms with Crippen molar-refractivity contribution < 1.29 is 13.2 Å². The summed E-state index contributed by atoms with van der Waals surface area (Å²) < 4.78 is 24.6. The molecule has 0 radical (unpaired) electrons. The number of carbonyl (C=O) groups is 1. The number of piperidine rings is 1. The molecule has 3 heterocycles. The van der Waals surface area contributed by atoms with Crippen molar-refractivity contribution in [2.24, 2.45) is 11.1 Å². The van der Waals surface area contributed by atoms with Crippen LogP contribution in [0.5, 0.6) is 0 Å². The largest absolute Gasteiger partial charge is 0.356 e. The highest BCUT2D eigenvalue weighted by Crippen LogP contribution is 2.24. The number of nitrogens with zero attached hydrogens (tertiary/aromatic N) is 5. The average molecular weight is 442 g/mol. The van der Waals surface area contributed by atoms with Crippen LogP contribution >= 0.6 is 0 Å². The van der Waals surface area contributed by atoms with E-state index in [-0.39, 0.29) is 16.7 Å². The number of aromatic nitrogens is 4. The van der Waals surface area contributed by atoms with Gasteiger partial charge in [-0.15, -0.1) is 0 Å². The van der Waals surface area contributed by atoms with E-state index in [0.29, 0.717) is 31.6 Å². The van der Waals surface area contributed by atoms with Crippen molar-refractivity contribution in [3.8, 4) is 5.82 Å². The van der Waals surface area contributed by atoms with Crippen LogP contribution in [0.3, 0.4) is 0 Å². The molecular formula is C20H23N7O3S. The Kier molecular flexibility index (Phi) is 5.70. The second-order valence-electron chi connectivity index (χ2n) is 7.40. The highest BCUT2D eigenvalue weighted by atomic mass is 32.2. The van der Waals surface area contributed by atoms with E-state index in [1.165, 1.54) is 30.6 Å². The van der Waals surface area contributed by atoms with Crippen molar-refractivity contribution >= 4 is 27.4 Å². The van der Waals surface area contributed by atoms with E-state index in [4.69, 9.17) is 5.14 Å². The number of nitrogens with two attached hydrogens (primary N) is 1. The van der Waals surface area contributed by atoms with Crippen molar-refractivity contribution in [1.29, 1.82) is 0 Å². The lowest BCUT2D eigenvalue weighted by Gasteiger charge is -2.32. The van der Waals surface area contributed by atoms with Gasteiger partial charge in [0.2, 0.25) is 15.9 Å². The van der Waals surface area contributed by atoms with Gasteiger partial charge in [0, 0.05) is 43.2 Å². The van der Waals surface area contributed by atoms with Crippen LogP contribution in [-0.2, 0) is 14.8 Å². The van der Waals surface area contributed by atoms with Gasteiger partial charge in [0.25, 0.3) is 0 Å². The number of hydrogen-bond acceptors (Lipinski definition) is 7. The number of hydrogen-bond donors (Lipinski definition) is 2. The summed E-state index contributed by atoms with van der Waals surface area (Å²) in [5.74, 6) is 2.20. The zero-order chi connectivity index (χ0) is 22.0. The lowest BCUT2D eigenvalue weighted by molar-refractivity contribution is -0.120. The van der Waals surface area contributed by atoms with Crippen molar-refractivity contribution in [2.75, 3.05) is 23.3 Å². The van der Waals surface area contributed by atoms with E-state index in [1.807, 2.05) is 23.8 Å². The van der Waals surface area contributed by atoms with Crippen LogP contribution in [0.15, 0.2) is 53.9 Å². The summed E-state index contributed by atoms with van der Waals surface area (Å²) in [5, 5.41) is 7.95. The van der Waals surface area contributed by atoms with Gasteiger partial charge in [-0.3, -0.25) is 9.36 Å². The first-order valence-corrected chi connectivity index (χ1v) is 11.4. The molecule has 10 nitrogen and oxygen atoms in total. The van der Waals surface area contributed by atoms with Gasteiger partial charge in [0.1, 0.15) is 23.8 Å². The van der Waals surface area contributed by atoms with Crippen LogP contribution in [0.25, 0.3) is 5.82 Å². The Hall–Kier alpha value is -3.31. The first-order chi connectivity index (χ1) is 14.8. The van der Waals surface area contributed by atoms with Gasteiger partial charge in [-0.1, -0.05) is 0 Å². The lowest BCUT2D eigenvalue weighted by Crippen LogP contribution is -2.38. The first-order valence-electron chi connectivity index (χ1n) is 9.82. The fourth-order valence-corrected chi connectivity index (χ4v) is 4.12. The molecule has 0 saturated carbocycles. The van der Waals surface area contributed by atoms with E-state index in [0.717, 1.165) is 17.5 Å². The Morgan fingerprint density at radius 2 is 1.77 bits per heavy atom. The fraction of sp³-hybridized carbons (Fsp3) is 0.300. The normalized spacial score (nSPS) is 15.1. The number of carbonyl (C=O) groups excluding carboxylic acids is 1. The topological polar surface area (TPSA) is 136 Å². The molecule has 1 aromatic carbocycles. The Labute approximate surface area is 180 Å². The Morgan fingerprint density at radius 1 is 1.10 bits per heavy atom. The molecule has 0 atom stereocenters. The van der Waals surface area contributed by atoms with E-state index in [2.05, 4.69) is 25.2 Å². The summed E-state index contributed by atoms with van der Waals surface area (Å²) in [6.45, 7) is 3.30. The zero-order valence-corrected chi connectivity index (χ0v) is 17.8. The standard InChI is InChI=1S/C20H23N7O3S/c1-14-22-8-11-27(14)19-12-18(23-13-24-19)26-9-6-15(7-10-26)20(28)25-16-2-4-17(5-3-16)31(21,29)30/h2-5,8,11-13,15H,6-7,9-10H2,1H3,(H,25,28)(H2,21,29,30). The van der Waals surface area contributed by atoms with Crippen molar-refractivity contribution in [2.45, 2.75) is 24.7 Å². The lowest BCUT2D eigenvalue weighted by atomic mass is 9.96. The van der Waals surface area contributed by atoms with Gasteiger partial charge in [0.15, 0.2) is 0 Å². The molecule has 2 aromatic heterocycles. The molecule has 162 valence electrons. The molecule has 0 spiro atoms. The SMILES string of the molecule is Cc1nccn1-c1cc(N2CCC(C(=O)Nc3ccc(S(N)(=O)=O)cc3)CC2)ncn1. The molecule has 0 aliphatic carbocycles. The number of imidazole rings is 1. The Balaban J connectivity index is 1.36. The van der Waals surface area contributed by atoms with Gasteiger partial charge in [-0.2, -0.15) is 0 Å². The van der Waals surface area contributed by atoms with E-state index >= 15 is 0 Å². The van der Waals surface area contributed by atoms with Gasteiger partial charge in [-0.05, 0) is 44.0 Å². The van der Waals surface area contributed by atoms with E-state index in [1.54, 1.807) is 6.20 Å². The minimum atomic E-state index is -3.75. The second-order valence-corrected chi connectivity index (χ2v) is 8.96. The van der Waals surface area contributed by atoms with Crippen LogP contribution in [0, 0.1) is 12.8 Å². The zero-order valence-electron chi connectivity index (χ0n) is 17.0. The molecule has 3 aromatic rings. The number of amides is 1. The third-order valence-corrected chi connectivity index (χ3v) is 6.28. The number of aryl methyl sites for hydroxylation is 1. The highest BCUT2D eigenvalue weighted by molar-refractivity contribution is 7.89. The number of anilines is 2. The molecule has 11 heteroatoms. The Bertz CT molecular complexity index is 1180. The second kappa shape index (κ2) is 8.44. The van der Waals surface area contributed by atoms with E-state index < -0.39 is 10.0 Å². The molecule has 1 aliphatic rings. The third-order valence-electron chi connectivity index (χ3n) is 5.35. The maximum Gasteiger partial charge on any atom is 0.238 e. The number of sulfonamides is 1. The predicted octanol–water partition coefficient (Wildman–Crippen LogP) is 1.47. The van der Waals surface area contributed by atoms with Crippen molar-refractivity contribution in [3.63, 3.8) is 0 Å². The minimum absolute atomic E-state index is 0.00825. The highest BCUT2D eigenvalue weighted by Gasteiger charge is 2.26. The number of nitrogens with one attached hydrogen (secondary N) is 1. The molecule has 4 rings (SSSR count). The summed E-state index contributed by atoms with van der Waals surface area (Å²) in [5.41, 5.74) is 0.538. The quantitative estimate of drug-likeness (QED) is 0.612. The molecule has 1 saturated heterocycles. The van der Waals surface area contributed by atoms with Crippen LogP contribution in [0.2, 0.25) is 0 Å². The van der Waals surface area contributed by atoms with Gasteiger partial charge >= 0.3 is 0 Å². The van der Waals surface area contributed by atoms with Crippen molar-refractivity contribution in [3.05, 3.63) is 54.9 Å². The summed E-state index contributed by atoms with van der Waals surface area (Å²) in [7, 11) is -3.75. The summed E-state index contributed by atoms with van der Waals surface area (Å²) in [6.07, 6.45) is 6.49. The maximum atomic E-state index is 12.6. The van der Waals surface area contributed by atoms with Gasteiger partial charge in [-0.25, -0.2) is 28.5 Å². The number of rotatable bonds is 5. The minimum Gasteiger partial charge on any atom is -0.356 e. The van der Waals surface area contributed by atoms with Crippen LogP contribution in [0.1, 0.15) is 18.7 Å². The summed E-state index contributed by atoms with van der Waals surface area (Å²) >= 11 is 0. The summed E-state index contributed by atoms with van der Waals surface area (Å²) in [4.78, 5) is 27.7. The first kappa shape index (κ1) is 20.9. The fourth-order valence-electron chi connectivity index (χ4n) is 3.60. The number of primary sulfonamides is 1. The molecule has 31 heavy (non-hydrogen) atoms. The molecule has 3 N–H and O–H groups in total. The molecule has 1 aliphatic heterocycles. The smallest absolute Gasteiger partial charge is 0.238 e. The molecule has 1 fully saturated rings. The van der Waals surface area contributed by atoms with Crippen LogP contribution in [-0.4, -0.2) is 46.9 Å². The van der Waals surface area contributed by atoms with Crippen LogP contribution < -0.4 is 15.4 Å². The average Bonchev–Trinajstić information content (AvgIpc) is 3.19. The van der Waals surface area contributed by atoms with Crippen molar-refractivity contribution in [1.82, 2.24) is 19.5 Å². The maximum absolute atomic E-state index is 12.6. The monoisotopic (exact) mass is 441 g/mol.